The summed E-state index contributed by atoms with van der Waals surface area (Å²) < 4.78 is 13.0. The summed E-state index contributed by atoms with van der Waals surface area (Å²) in [6, 6.07) is 2.40. The molecule has 0 bridgehead atoms. The molecule has 0 spiro atoms. The minimum absolute atomic E-state index is 0.0336. The fourth-order valence-corrected chi connectivity index (χ4v) is 1.53. The molecule has 0 saturated carbocycles. The largest absolute Gasteiger partial charge is 0.478 e. The number of anilines is 1. The van der Waals surface area contributed by atoms with Crippen LogP contribution in [0.3, 0.4) is 0 Å². The number of rotatable bonds is 5. The molecule has 0 aliphatic heterocycles. The third-order valence-corrected chi connectivity index (χ3v) is 3.03. The number of halogens is 1. The number of carboxylic acids is 1. The summed E-state index contributed by atoms with van der Waals surface area (Å²) in [5.74, 6) is -2.51. The van der Waals surface area contributed by atoms with E-state index in [0.29, 0.717) is 0 Å². The summed E-state index contributed by atoms with van der Waals surface area (Å²) in [4.78, 5) is 22.8. The van der Waals surface area contributed by atoms with E-state index in [0.717, 1.165) is 18.6 Å². The minimum atomic E-state index is -1.31. The quantitative estimate of drug-likeness (QED) is 0.759. The zero-order chi connectivity index (χ0) is 14.6. The van der Waals surface area contributed by atoms with Gasteiger partial charge in [0.05, 0.1) is 17.3 Å². The first kappa shape index (κ1) is 15.1. The highest BCUT2D eigenvalue weighted by Crippen LogP contribution is 2.18. The smallest absolute Gasteiger partial charge is 0.337 e. The predicted molar refractivity (Wildman–Crippen MR) is 69.4 cm³/mol. The van der Waals surface area contributed by atoms with Crippen LogP contribution in [0.2, 0.25) is 0 Å². The maximum Gasteiger partial charge on any atom is 0.337 e. The fourth-order valence-electron chi connectivity index (χ4n) is 1.53. The summed E-state index contributed by atoms with van der Waals surface area (Å²) in [5, 5.41) is 11.4. The van der Waals surface area contributed by atoms with Gasteiger partial charge in [-0.15, -0.1) is 0 Å². The molecular formula is C13H17FN2O3. The first-order valence-corrected chi connectivity index (χ1v) is 5.96. The molecule has 5 nitrogen and oxygen atoms in total. The van der Waals surface area contributed by atoms with E-state index in [9.17, 15) is 14.0 Å². The van der Waals surface area contributed by atoms with Crippen LogP contribution in [0.5, 0.6) is 0 Å². The molecule has 0 radical (unpaired) electrons. The second-order valence-corrected chi connectivity index (χ2v) is 4.40. The Morgan fingerprint density at radius 1 is 1.47 bits per heavy atom. The molecular weight excluding hydrogens is 251 g/mol. The first-order chi connectivity index (χ1) is 8.86. The summed E-state index contributed by atoms with van der Waals surface area (Å²) in [7, 11) is 0. The van der Waals surface area contributed by atoms with Crippen LogP contribution in [0.1, 0.15) is 30.6 Å². The molecule has 1 unspecified atom stereocenters. The van der Waals surface area contributed by atoms with Crippen LogP contribution in [0.15, 0.2) is 18.2 Å². The van der Waals surface area contributed by atoms with Gasteiger partial charge < -0.3 is 16.2 Å². The standard InChI is InChI=1S/C13H17FN2O3/c1-3-7(2)11(15)12(17)16-10-5-4-8(14)6-9(10)13(18)19/h4-7,11H,3,15H2,1-2H3,(H,16,17)(H,18,19)/t7?,11-/m0/s1. The number of benzene rings is 1. The maximum atomic E-state index is 13.0. The minimum Gasteiger partial charge on any atom is -0.478 e. The highest BCUT2D eigenvalue weighted by Gasteiger charge is 2.21. The highest BCUT2D eigenvalue weighted by atomic mass is 19.1. The zero-order valence-electron chi connectivity index (χ0n) is 10.8. The van der Waals surface area contributed by atoms with Crippen LogP contribution in [-0.4, -0.2) is 23.0 Å². The lowest BCUT2D eigenvalue weighted by Crippen LogP contribution is -2.40. The molecule has 1 amide bonds. The van der Waals surface area contributed by atoms with Gasteiger partial charge in [0, 0.05) is 0 Å². The van der Waals surface area contributed by atoms with Gasteiger partial charge in [0.2, 0.25) is 5.91 Å². The monoisotopic (exact) mass is 268 g/mol. The van der Waals surface area contributed by atoms with E-state index in [1.165, 1.54) is 6.07 Å². The van der Waals surface area contributed by atoms with Gasteiger partial charge in [0.1, 0.15) is 5.82 Å². The number of carbonyl (C=O) groups excluding carboxylic acids is 1. The van der Waals surface area contributed by atoms with Crippen LogP contribution < -0.4 is 11.1 Å². The SMILES string of the molecule is CCC(C)[C@H](N)C(=O)Nc1ccc(F)cc1C(=O)O. The third kappa shape index (κ3) is 3.75. The van der Waals surface area contributed by atoms with Crippen molar-refractivity contribution in [2.45, 2.75) is 26.3 Å². The van der Waals surface area contributed by atoms with Gasteiger partial charge in [-0.2, -0.15) is 0 Å². The molecule has 6 heteroatoms. The zero-order valence-corrected chi connectivity index (χ0v) is 10.8. The Hall–Kier alpha value is -1.95. The molecule has 1 aromatic carbocycles. The van der Waals surface area contributed by atoms with E-state index in [-0.39, 0.29) is 17.2 Å². The van der Waals surface area contributed by atoms with Crippen LogP contribution >= 0.6 is 0 Å². The highest BCUT2D eigenvalue weighted by molar-refractivity contribution is 6.02. The normalized spacial score (nSPS) is 13.7. The van der Waals surface area contributed by atoms with Crippen molar-refractivity contribution in [3.8, 4) is 0 Å². The first-order valence-electron chi connectivity index (χ1n) is 5.96. The number of carboxylic acid groups (broad SMARTS) is 1. The Labute approximate surface area is 110 Å². The molecule has 0 saturated heterocycles. The molecule has 1 aromatic rings. The van der Waals surface area contributed by atoms with E-state index in [2.05, 4.69) is 5.32 Å². The Morgan fingerprint density at radius 3 is 2.63 bits per heavy atom. The number of amides is 1. The molecule has 0 aromatic heterocycles. The van der Waals surface area contributed by atoms with E-state index in [1.807, 2.05) is 13.8 Å². The molecule has 2 atom stereocenters. The Morgan fingerprint density at radius 2 is 2.11 bits per heavy atom. The van der Waals surface area contributed by atoms with Crippen molar-refractivity contribution in [2.24, 2.45) is 11.7 Å². The van der Waals surface area contributed by atoms with Crippen molar-refractivity contribution in [3.05, 3.63) is 29.6 Å². The van der Waals surface area contributed by atoms with Gasteiger partial charge >= 0.3 is 5.97 Å². The van der Waals surface area contributed by atoms with Crippen molar-refractivity contribution in [1.82, 2.24) is 0 Å². The van der Waals surface area contributed by atoms with E-state index >= 15 is 0 Å². The molecule has 1 rings (SSSR count). The average molecular weight is 268 g/mol. The molecule has 19 heavy (non-hydrogen) atoms. The molecule has 0 aliphatic rings. The lowest BCUT2D eigenvalue weighted by atomic mass is 9.99. The summed E-state index contributed by atoms with van der Waals surface area (Å²) >= 11 is 0. The number of hydrogen-bond donors (Lipinski definition) is 3. The fraction of sp³-hybridized carbons (Fsp3) is 0.385. The third-order valence-electron chi connectivity index (χ3n) is 3.03. The van der Waals surface area contributed by atoms with Gasteiger partial charge in [0.25, 0.3) is 0 Å². The summed E-state index contributed by atoms with van der Waals surface area (Å²) in [6.45, 7) is 3.73. The topological polar surface area (TPSA) is 92.4 Å². The number of nitrogens with one attached hydrogen (secondary N) is 1. The van der Waals surface area contributed by atoms with Gasteiger partial charge in [-0.1, -0.05) is 20.3 Å². The van der Waals surface area contributed by atoms with Crippen molar-refractivity contribution in [2.75, 3.05) is 5.32 Å². The molecule has 0 heterocycles. The Kier molecular flexibility index (Phi) is 5.00. The average Bonchev–Trinajstić information content (AvgIpc) is 2.38. The second-order valence-electron chi connectivity index (χ2n) is 4.40. The van der Waals surface area contributed by atoms with Crippen LogP contribution in [0, 0.1) is 11.7 Å². The van der Waals surface area contributed by atoms with Gasteiger partial charge in [-0.3, -0.25) is 4.79 Å². The molecule has 4 N–H and O–H groups in total. The second kappa shape index (κ2) is 6.29. The number of hydrogen-bond acceptors (Lipinski definition) is 3. The lowest BCUT2D eigenvalue weighted by Gasteiger charge is -2.18. The van der Waals surface area contributed by atoms with Gasteiger partial charge in [-0.05, 0) is 24.1 Å². The summed E-state index contributed by atoms with van der Waals surface area (Å²) in [6.07, 6.45) is 0.726. The maximum absolute atomic E-state index is 13.0. The van der Waals surface area contributed by atoms with Gasteiger partial charge in [0.15, 0.2) is 0 Å². The van der Waals surface area contributed by atoms with E-state index in [1.54, 1.807) is 0 Å². The lowest BCUT2D eigenvalue weighted by molar-refractivity contribution is -0.118. The van der Waals surface area contributed by atoms with E-state index in [4.69, 9.17) is 10.8 Å². The van der Waals surface area contributed by atoms with Gasteiger partial charge in [-0.25, -0.2) is 9.18 Å². The van der Waals surface area contributed by atoms with Crippen LogP contribution in [0.25, 0.3) is 0 Å². The number of aromatic carboxylic acids is 1. The Bertz CT molecular complexity index is 491. The van der Waals surface area contributed by atoms with Crippen LogP contribution in [0.4, 0.5) is 10.1 Å². The molecule has 0 aliphatic carbocycles. The molecule has 104 valence electrons. The van der Waals surface area contributed by atoms with Crippen LogP contribution in [-0.2, 0) is 4.79 Å². The Balaban J connectivity index is 2.94. The van der Waals surface area contributed by atoms with E-state index < -0.39 is 23.7 Å². The van der Waals surface area contributed by atoms with Crippen molar-refractivity contribution in [3.63, 3.8) is 0 Å². The predicted octanol–water partition coefficient (Wildman–Crippen LogP) is 1.84. The van der Waals surface area contributed by atoms with Crippen molar-refractivity contribution >= 4 is 17.6 Å². The number of carbonyl (C=O) groups is 2. The van der Waals surface area contributed by atoms with Crippen molar-refractivity contribution < 1.29 is 19.1 Å². The van der Waals surface area contributed by atoms with Crippen molar-refractivity contribution in [1.29, 1.82) is 0 Å². The number of nitrogens with two attached hydrogens (primary N) is 1. The summed E-state index contributed by atoms with van der Waals surface area (Å²) in [5.41, 5.74) is 5.48. The molecule has 0 fully saturated rings.